The van der Waals surface area contributed by atoms with E-state index in [1.165, 1.54) is 6.20 Å². The van der Waals surface area contributed by atoms with Crippen molar-refractivity contribution in [2.24, 2.45) is 0 Å². The van der Waals surface area contributed by atoms with E-state index in [1.807, 2.05) is 0 Å². The lowest BCUT2D eigenvalue weighted by Gasteiger charge is -2.12. The molecule has 0 aliphatic rings. The molecule has 1 rings (SSSR count). The maximum atomic E-state index is 11.8. The van der Waals surface area contributed by atoms with E-state index in [0.717, 1.165) is 16.3 Å². The lowest BCUT2D eigenvalue weighted by molar-refractivity contribution is -0.140. The van der Waals surface area contributed by atoms with Crippen molar-refractivity contribution in [3.63, 3.8) is 0 Å². The predicted molar refractivity (Wildman–Crippen MR) is 72.2 cm³/mol. The molecule has 0 radical (unpaired) electrons. The highest BCUT2D eigenvalue weighted by Gasteiger charge is 2.23. The van der Waals surface area contributed by atoms with Gasteiger partial charge in [-0.05, 0) is 6.42 Å². The zero-order valence-electron chi connectivity index (χ0n) is 11.0. The summed E-state index contributed by atoms with van der Waals surface area (Å²) in [5, 5.41) is 20.6. The first-order valence-electron chi connectivity index (χ1n) is 5.70. The summed E-state index contributed by atoms with van der Waals surface area (Å²) in [4.78, 5) is 38.9. The van der Waals surface area contributed by atoms with Crippen LogP contribution in [0, 0.1) is 0 Å². The Bertz CT molecular complexity index is 514. The largest absolute Gasteiger partial charge is 0.481 e. The summed E-state index contributed by atoms with van der Waals surface area (Å²) >= 11 is 1.12. The maximum absolute atomic E-state index is 11.8. The predicted octanol–water partition coefficient (Wildman–Crippen LogP) is 0.257. The number of rotatable bonds is 7. The van der Waals surface area contributed by atoms with Crippen molar-refractivity contribution < 1.29 is 24.6 Å². The lowest BCUT2D eigenvalue weighted by Crippen LogP contribution is -2.41. The van der Waals surface area contributed by atoms with Crippen molar-refractivity contribution >= 4 is 34.2 Å². The molecule has 3 N–H and O–H groups in total. The number of anilines is 1. The molecule has 1 aromatic rings. The number of carboxylic acids is 2. The fourth-order valence-electron chi connectivity index (χ4n) is 1.32. The van der Waals surface area contributed by atoms with Gasteiger partial charge in [-0.3, -0.25) is 9.59 Å². The molecule has 0 aliphatic heterocycles. The maximum Gasteiger partial charge on any atom is 0.326 e. The van der Waals surface area contributed by atoms with Gasteiger partial charge in [-0.1, -0.05) is 11.3 Å². The van der Waals surface area contributed by atoms with Gasteiger partial charge in [0.15, 0.2) is 5.01 Å². The molecule has 0 aliphatic carbocycles. The Morgan fingerprint density at radius 2 is 2.05 bits per heavy atom. The van der Waals surface area contributed by atoms with E-state index in [-0.39, 0.29) is 17.8 Å². The van der Waals surface area contributed by atoms with E-state index in [0.29, 0.717) is 0 Å². The second-order valence-electron chi connectivity index (χ2n) is 4.19. The number of aromatic nitrogens is 1. The molecule has 110 valence electrons. The summed E-state index contributed by atoms with van der Waals surface area (Å²) in [5.74, 6) is -3.01. The molecule has 9 heteroatoms. The summed E-state index contributed by atoms with van der Waals surface area (Å²) < 4.78 is 0. The van der Waals surface area contributed by atoms with Crippen LogP contribution in [0.5, 0.6) is 0 Å². The van der Waals surface area contributed by atoms with Gasteiger partial charge in [0, 0.05) is 20.5 Å². The molecule has 1 aromatic heterocycles. The minimum absolute atomic E-state index is 0.135. The molecule has 0 saturated carbocycles. The van der Waals surface area contributed by atoms with Gasteiger partial charge in [-0.15, -0.1) is 0 Å². The zero-order chi connectivity index (χ0) is 15.3. The van der Waals surface area contributed by atoms with E-state index in [4.69, 9.17) is 10.2 Å². The van der Waals surface area contributed by atoms with Crippen molar-refractivity contribution in [3.05, 3.63) is 11.2 Å². The zero-order valence-corrected chi connectivity index (χ0v) is 11.8. The van der Waals surface area contributed by atoms with Gasteiger partial charge in [0.25, 0.3) is 5.91 Å². The molecule has 1 heterocycles. The number of carbonyl (C=O) groups is 3. The van der Waals surface area contributed by atoms with Gasteiger partial charge >= 0.3 is 11.9 Å². The van der Waals surface area contributed by atoms with Crippen LogP contribution in [0.3, 0.4) is 0 Å². The fourth-order valence-corrected chi connectivity index (χ4v) is 2.07. The van der Waals surface area contributed by atoms with Gasteiger partial charge < -0.3 is 20.4 Å². The van der Waals surface area contributed by atoms with Crippen LogP contribution in [0.1, 0.15) is 22.6 Å². The molecule has 1 atom stereocenters. The van der Waals surface area contributed by atoms with Gasteiger partial charge in [0.05, 0.1) is 6.20 Å². The first-order chi connectivity index (χ1) is 9.31. The van der Waals surface area contributed by atoms with Crippen LogP contribution in [-0.4, -0.2) is 53.2 Å². The SMILES string of the molecule is CN(C)c1cnc(C(=O)N[C@@H](CCC(=O)O)C(=O)O)s1. The van der Waals surface area contributed by atoms with Crippen LogP contribution in [0.2, 0.25) is 0 Å². The smallest absolute Gasteiger partial charge is 0.326 e. The standard InChI is InChI=1S/C11H15N3O5S/c1-14(2)7-5-12-10(20-7)9(17)13-6(11(18)19)3-4-8(15)16/h5-6H,3-4H2,1-2H3,(H,13,17)(H,15,16)(H,18,19)/t6-/m0/s1. The Hall–Kier alpha value is -2.16. The van der Waals surface area contributed by atoms with Gasteiger partial charge in [-0.2, -0.15) is 0 Å². The van der Waals surface area contributed by atoms with E-state index in [9.17, 15) is 14.4 Å². The monoisotopic (exact) mass is 301 g/mol. The van der Waals surface area contributed by atoms with Crippen molar-refractivity contribution in [1.29, 1.82) is 0 Å². The topological polar surface area (TPSA) is 120 Å². The van der Waals surface area contributed by atoms with Crippen molar-refractivity contribution in [2.75, 3.05) is 19.0 Å². The van der Waals surface area contributed by atoms with Crippen molar-refractivity contribution in [2.45, 2.75) is 18.9 Å². The van der Waals surface area contributed by atoms with Gasteiger partial charge in [-0.25, -0.2) is 9.78 Å². The second-order valence-corrected chi connectivity index (χ2v) is 5.20. The molecule has 1 amide bonds. The van der Waals surface area contributed by atoms with E-state index in [2.05, 4.69) is 10.3 Å². The Labute approximate surface area is 119 Å². The van der Waals surface area contributed by atoms with Crippen LogP contribution < -0.4 is 10.2 Å². The molecule has 0 spiro atoms. The third-order valence-electron chi connectivity index (χ3n) is 2.38. The fraction of sp³-hybridized carbons (Fsp3) is 0.455. The number of thiazole rings is 1. The summed E-state index contributed by atoms with van der Waals surface area (Å²) in [5.41, 5.74) is 0. The number of nitrogens with one attached hydrogen (secondary N) is 1. The number of aliphatic carboxylic acids is 2. The molecule has 0 aromatic carbocycles. The van der Waals surface area contributed by atoms with E-state index >= 15 is 0 Å². The number of nitrogens with zero attached hydrogens (tertiary/aromatic N) is 2. The minimum Gasteiger partial charge on any atom is -0.481 e. The van der Waals surface area contributed by atoms with Crippen molar-refractivity contribution in [1.82, 2.24) is 10.3 Å². The third-order valence-corrected chi connectivity index (χ3v) is 3.54. The quantitative estimate of drug-likeness (QED) is 0.660. The highest BCUT2D eigenvalue weighted by atomic mass is 32.1. The molecule has 0 unspecified atom stereocenters. The summed E-state index contributed by atoms with van der Waals surface area (Å²) in [6.07, 6.45) is 0.993. The van der Waals surface area contributed by atoms with Gasteiger partial charge in [0.2, 0.25) is 0 Å². The molecule has 8 nitrogen and oxygen atoms in total. The third kappa shape index (κ3) is 4.50. The van der Waals surface area contributed by atoms with Crippen LogP contribution in [0.15, 0.2) is 6.20 Å². The van der Waals surface area contributed by atoms with Crippen LogP contribution >= 0.6 is 11.3 Å². The Morgan fingerprint density at radius 1 is 1.40 bits per heavy atom. The molecule has 20 heavy (non-hydrogen) atoms. The molecular weight excluding hydrogens is 286 g/mol. The first kappa shape index (κ1) is 15.9. The van der Waals surface area contributed by atoms with E-state index in [1.54, 1.807) is 19.0 Å². The van der Waals surface area contributed by atoms with Gasteiger partial charge in [0.1, 0.15) is 11.0 Å². The second kappa shape index (κ2) is 6.85. The highest BCUT2D eigenvalue weighted by molar-refractivity contribution is 7.17. The Kier molecular flexibility index (Phi) is 5.44. The number of hydrogen-bond acceptors (Lipinski definition) is 6. The minimum atomic E-state index is -1.27. The number of amides is 1. The number of carboxylic acid groups (broad SMARTS) is 2. The average Bonchev–Trinajstić information content (AvgIpc) is 2.83. The number of hydrogen-bond donors (Lipinski definition) is 3. The number of carbonyl (C=O) groups excluding carboxylic acids is 1. The van der Waals surface area contributed by atoms with Crippen molar-refractivity contribution in [3.8, 4) is 0 Å². The normalized spacial score (nSPS) is 11.7. The summed E-state index contributed by atoms with van der Waals surface area (Å²) in [6, 6.07) is -1.25. The van der Waals surface area contributed by atoms with Crippen LogP contribution in [0.4, 0.5) is 5.00 Å². The summed E-state index contributed by atoms with van der Waals surface area (Å²) in [6.45, 7) is 0. The molecular formula is C11H15N3O5S. The summed E-state index contributed by atoms with van der Waals surface area (Å²) in [7, 11) is 3.59. The van der Waals surface area contributed by atoms with Crippen LogP contribution in [-0.2, 0) is 9.59 Å². The molecule has 0 bridgehead atoms. The average molecular weight is 301 g/mol. The highest BCUT2D eigenvalue weighted by Crippen LogP contribution is 2.21. The van der Waals surface area contributed by atoms with E-state index < -0.39 is 23.9 Å². The Morgan fingerprint density at radius 3 is 2.50 bits per heavy atom. The Balaban J connectivity index is 2.69. The first-order valence-corrected chi connectivity index (χ1v) is 6.51. The lowest BCUT2D eigenvalue weighted by atomic mass is 10.1. The van der Waals surface area contributed by atoms with Crippen LogP contribution in [0.25, 0.3) is 0 Å². The molecule has 0 fully saturated rings. The molecule has 0 saturated heterocycles.